The van der Waals surface area contributed by atoms with Crippen molar-refractivity contribution in [3.05, 3.63) is 48.5 Å². The van der Waals surface area contributed by atoms with Gasteiger partial charge in [0.1, 0.15) is 11.6 Å². The molecule has 2 aromatic carbocycles. The molecule has 0 saturated carbocycles. The summed E-state index contributed by atoms with van der Waals surface area (Å²) < 4.78 is 39.8. The molecule has 0 fully saturated rings. The first-order valence-electron chi connectivity index (χ1n) is 6.10. The third kappa shape index (κ3) is 2.73. The summed E-state index contributed by atoms with van der Waals surface area (Å²) in [5.41, 5.74) is 2.39. The highest BCUT2D eigenvalue weighted by Crippen LogP contribution is 2.27. The van der Waals surface area contributed by atoms with Crippen LogP contribution in [0.2, 0.25) is 0 Å². The molecule has 3 rings (SSSR count). The van der Waals surface area contributed by atoms with Crippen molar-refractivity contribution in [1.82, 2.24) is 9.55 Å². The largest absolute Gasteiger partial charge is 0.488 e. The van der Waals surface area contributed by atoms with E-state index in [9.17, 15) is 12.3 Å². The average Bonchev–Trinajstić information content (AvgIpc) is 2.75. The molecule has 0 bridgehead atoms. The Labute approximate surface area is 121 Å². The van der Waals surface area contributed by atoms with E-state index in [0.717, 1.165) is 11.0 Å². The maximum absolute atomic E-state index is 12.6. The summed E-state index contributed by atoms with van der Waals surface area (Å²) >= 11 is 0. The average molecular weight is 306 g/mol. The number of benzene rings is 2. The van der Waals surface area contributed by atoms with Crippen LogP contribution in [0.15, 0.2) is 48.5 Å². The molecule has 3 aromatic rings. The Balaban J connectivity index is 2.10. The topological polar surface area (TPSA) is 61.2 Å². The van der Waals surface area contributed by atoms with Gasteiger partial charge in [0.15, 0.2) is 0 Å². The minimum atomic E-state index is -5.04. The molecule has 0 unspecified atom stereocenters. The van der Waals surface area contributed by atoms with Crippen LogP contribution in [0.4, 0.5) is 3.89 Å². The SMILES string of the molecule is Cn1c(-c2cccc(OS(=O)(=O)F)c2)nc2ccccc21. The lowest BCUT2D eigenvalue weighted by molar-refractivity contribution is 0.440. The number of fused-ring (bicyclic) bond motifs is 1. The minimum Gasteiger partial charge on any atom is -0.358 e. The molecule has 1 heterocycles. The third-order valence-corrected chi connectivity index (χ3v) is 3.47. The zero-order valence-corrected chi connectivity index (χ0v) is 11.8. The minimum absolute atomic E-state index is 0.0953. The highest BCUT2D eigenvalue weighted by Gasteiger charge is 2.13. The number of aryl methyl sites for hydroxylation is 1. The molecule has 21 heavy (non-hydrogen) atoms. The molecule has 0 N–H and O–H groups in total. The van der Waals surface area contributed by atoms with Crippen LogP contribution in [0.5, 0.6) is 5.75 Å². The number of para-hydroxylation sites is 2. The summed E-state index contributed by atoms with van der Waals surface area (Å²) in [6.07, 6.45) is 0. The van der Waals surface area contributed by atoms with Crippen LogP contribution in [-0.2, 0) is 17.6 Å². The van der Waals surface area contributed by atoms with Gasteiger partial charge in [-0.2, -0.15) is 8.42 Å². The first-order valence-corrected chi connectivity index (χ1v) is 7.41. The number of hydrogen-bond donors (Lipinski definition) is 0. The van der Waals surface area contributed by atoms with Crippen LogP contribution in [0.25, 0.3) is 22.4 Å². The fourth-order valence-electron chi connectivity index (χ4n) is 2.21. The predicted molar refractivity (Wildman–Crippen MR) is 76.8 cm³/mol. The van der Waals surface area contributed by atoms with Crippen molar-refractivity contribution in [1.29, 1.82) is 0 Å². The van der Waals surface area contributed by atoms with Gasteiger partial charge in [0.05, 0.1) is 11.0 Å². The summed E-state index contributed by atoms with van der Waals surface area (Å²) in [5.74, 6) is 0.542. The van der Waals surface area contributed by atoms with E-state index in [0.29, 0.717) is 11.4 Å². The Morgan fingerprint density at radius 3 is 2.62 bits per heavy atom. The van der Waals surface area contributed by atoms with E-state index < -0.39 is 10.5 Å². The first kappa shape index (κ1) is 13.6. The number of rotatable bonds is 3. The predicted octanol–water partition coefficient (Wildman–Crippen LogP) is 2.83. The fourth-order valence-corrected chi connectivity index (χ4v) is 2.54. The molecule has 0 radical (unpaired) electrons. The van der Waals surface area contributed by atoms with Gasteiger partial charge in [0.2, 0.25) is 0 Å². The van der Waals surface area contributed by atoms with Crippen molar-refractivity contribution in [2.75, 3.05) is 0 Å². The lowest BCUT2D eigenvalue weighted by Crippen LogP contribution is -2.01. The van der Waals surface area contributed by atoms with Crippen molar-refractivity contribution in [3.8, 4) is 17.1 Å². The van der Waals surface area contributed by atoms with E-state index in [-0.39, 0.29) is 5.75 Å². The lowest BCUT2D eigenvalue weighted by Gasteiger charge is -2.05. The molecule has 1 aromatic heterocycles. The van der Waals surface area contributed by atoms with E-state index in [4.69, 9.17) is 0 Å². The Morgan fingerprint density at radius 2 is 1.90 bits per heavy atom. The number of imidazole rings is 1. The van der Waals surface area contributed by atoms with Crippen LogP contribution in [0.1, 0.15) is 0 Å². The van der Waals surface area contributed by atoms with Crippen LogP contribution >= 0.6 is 0 Å². The standard InChI is InChI=1S/C14H11FN2O3S/c1-17-13-8-3-2-7-12(13)16-14(17)10-5-4-6-11(9-10)20-21(15,18)19/h2-9H,1H3. The van der Waals surface area contributed by atoms with Gasteiger partial charge in [-0.1, -0.05) is 28.2 Å². The molecular formula is C14H11FN2O3S. The van der Waals surface area contributed by atoms with Crippen molar-refractivity contribution >= 4 is 21.5 Å². The summed E-state index contributed by atoms with van der Waals surface area (Å²) in [4.78, 5) is 4.48. The second kappa shape index (κ2) is 4.85. The molecule has 0 saturated heterocycles. The summed E-state index contributed by atoms with van der Waals surface area (Å²) in [5, 5.41) is 0. The van der Waals surface area contributed by atoms with Crippen LogP contribution in [0.3, 0.4) is 0 Å². The number of hydrogen-bond acceptors (Lipinski definition) is 4. The van der Waals surface area contributed by atoms with Gasteiger partial charge < -0.3 is 8.75 Å². The zero-order valence-electron chi connectivity index (χ0n) is 11.0. The molecule has 0 spiro atoms. The number of nitrogens with zero attached hydrogens (tertiary/aromatic N) is 2. The Bertz CT molecular complexity index is 919. The van der Waals surface area contributed by atoms with Gasteiger partial charge in [0, 0.05) is 12.6 Å². The molecule has 0 aliphatic rings. The monoisotopic (exact) mass is 306 g/mol. The highest BCUT2D eigenvalue weighted by molar-refractivity contribution is 7.81. The summed E-state index contributed by atoms with van der Waals surface area (Å²) in [6, 6.07) is 13.7. The molecule has 0 amide bonds. The van der Waals surface area contributed by atoms with E-state index >= 15 is 0 Å². The van der Waals surface area contributed by atoms with E-state index in [1.165, 1.54) is 12.1 Å². The molecule has 0 atom stereocenters. The van der Waals surface area contributed by atoms with Gasteiger partial charge in [-0.3, -0.25) is 0 Å². The van der Waals surface area contributed by atoms with Gasteiger partial charge >= 0.3 is 10.5 Å². The molecule has 0 aliphatic heterocycles. The maximum atomic E-state index is 12.6. The Morgan fingerprint density at radius 1 is 1.14 bits per heavy atom. The van der Waals surface area contributed by atoms with Gasteiger partial charge in [-0.05, 0) is 24.3 Å². The van der Waals surface area contributed by atoms with Gasteiger partial charge in [-0.15, -0.1) is 0 Å². The van der Waals surface area contributed by atoms with Crippen molar-refractivity contribution < 1.29 is 16.5 Å². The molecular weight excluding hydrogens is 295 g/mol. The summed E-state index contributed by atoms with van der Waals surface area (Å²) in [7, 11) is -3.19. The van der Waals surface area contributed by atoms with Crippen LogP contribution in [0, 0.1) is 0 Å². The maximum Gasteiger partial charge on any atom is 0.488 e. The van der Waals surface area contributed by atoms with Crippen molar-refractivity contribution in [3.63, 3.8) is 0 Å². The molecule has 0 aliphatic carbocycles. The van der Waals surface area contributed by atoms with Crippen LogP contribution < -0.4 is 4.18 Å². The molecule has 7 heteroatoms. The van der Waals surface area contributed by atoms with Crippen molar-refractivity contribution in [2.24, 2.45) is 7.05 Å². The van der Waals surface area contributed by atoms with E-state index in [2.05, 4.69) is 9.17 Å². The molecule has 5 nitrogen and oxygen atoms in total. The van der Waals surface area contributed by atoms with E-state index in [1.807, 2.05) is 35.9 Å². The Kier molecular flexibility index (Phi) is 3.13. The van der Waals surface area contributed by atoms with Crippen LogP contribution in [-0.4, -0.2) is 18.0 Å². The lowest BCUT2D eigenvalue weighted by atomic mass is 10.2. The number of aromatic nitrogens is 2. The second-order valence-corrected chi connectivity index (χ2v) is 5.44. The fraction of sp³-hybridized carbons (Fsp3) is 0.0714. The zero-order chi connectivity index (χ0) is 15.0. The second-order valence-electron chi connectivity index (χ2n) is 4.49. The van der Waals surface area contributed by atoms with Gasteiger partial charge in [-0.25, -0.2) is 4.98 Å². The van der Waals surface area contributed by atoms with Crippen molar-refractivity contribution in [2.45, 2.75) is 0 Å². The third-order valence-electron chi connectivity index (χ3n) is 3.08. The first-order chi connectivity index (χ1) is 9.94. The van der Waals surface area contributed by atoms with E-state index in [1.54, 1.807) is 12.1 Å². The quantitative estimate of drug-likeness (QED) is 0.698. The normalized spacial score (nSPS) is 11.7. The highest BCUT2D eigenvalue weighted by atomic mass is 32.3. The Hall–Kier alpha value is -2.41. The van der Waals surface area contributed by atoms with Gasteiger partial charge in [0.25, 0.3) is 0 Å². The summed E-state index contributed by atoms with van der Waals surface area (Å²) in [6.45, 7) is 0. The molecule has 108 valence electrons. The smallest absolute Gasteiger partial charge is 0.358 e. The number of halogens is 1.